The zero-order valence-electron chi connectivity index (χ0n) is 10.6. The molecule has 1 aliphatic heterocycles. The van der Waals surface area contributed by atoms with Gasteiger partial charge < -0.3 is 15.4 Å². The van der Waals surface area contributed by atoms with E-state index < -0.39 is 0 Å². The first kappa shape index (κ1) is 14.9. The Labute approximate surface area is 128 Å². The Balaban J connectivity index is 1.91. The maximum Gasteiger partial charge on any atom is 0.171 e. The lowest BCUT2D eigenvalue weighted by molar-refractivity contribution is 0.0895. The number of ether oxygens (including phenoxy) is 1. The zero-order chi connectivity index (χ0) is 13.8. The third kappa shape index (κ3) is 4.21. The molecule has 1 aromatic carbocycles. The molecule has 0 saturated carbocycles. The molecule has 2 unspecified atom stereocenters. The first-order valence-corrected chi connectivity index (χ1v) is 7.37. The molecule has 0 bridgehead atoms. The van der Waals surface area contributed by atoms with E-state index in [0.29, 0.717) is 20.8 Å². The number of nitrogens with one attached hydrogen (secondary N) is 2. The van der Waals surface area contributed by atoms with E-state index in [9.17, 15) is 0 Å². The van der Waals surface area contributed by atoms with E-state index in [2.05, 4.69) is 17.6 Å². The van der Waals surface area contributed by atoms with Crippen LogP contribution in [0.2, 0.25) is 10.0 Å². The molecule has 2 rings (SSSR count). The minimum absolute atomic E-state index is 0.167. The topological polar surface area (TPSA) is 33.3 Å². The van der Waals surface area contributed by atoms with Crippen molar-refractivity contribution in [2.24, 2.45) is 0 Å². The molecule has 0 amide bonds. The smallest absolute Gasteiger partial charge is 0.171 e. The third-order valence-corrected chi connectivity index (χ3v) is 3.84. The molecule has 19 heavy (non-hydrogen) atoms. The highest BCUT2D eigenvalue weighted by Crippen LogP contribution is 2.25. The standard InChI is InChI=1S/C13H16Cl2N2OS/c1-8(12-3-2-6-18-12)16-13(19)17-11-7-9(14)4-5-10(11)15/h4-5,7-8,12H,2-3,6H2,1H3,(H2,16,17,19). The summed E-state index contributed by atoms with van der Waals surface area (Å²) in [4.78, 5) is 0. The van der Waals surface area contributed by atoms with E-state index in [1.807, 2.05) is 0 Å². The van der Waals surface area contributed by atoms with Gasteiger partial charge >= 0.3 is 0 Å². The Bertz CT molecular complexity index is 464. The summed E-state index contributed by atoms with van der Waals surface area (Å²) in [6.07, 6.45) is 2.39. The third-order valence-electron chi connectivity index (χ3n) is 3.06. The van der Waals surface area contributed by atoms with Gasteiger partial charge in [-0.25, -0.2) is 0 Å². The number of rotatable bonds is 3. The molecule has 1 heterocycles. The second-order valence-corrected chi connectivity index (χ2v) is 5.81. The quantitative estimate of drug-likeness (QED) is 0.829. The van der Waals surface area contributed by atoms with Gasteiger partial charge in [0.1, 0.15) is 0 Å². The van der Waals surface area contributed by atoms with Crippen molar-refractivity contribution in [1.82, 2.24) is 5.32 Å². The lowest BCUT2D eigenvalue weighted by Gasteiger charge is -2.22. The summed E-state index contributed by atoms with van der Waals surface area (Å²) in [5.41, 5.74) is 0.700. The van der Waals surface area contributed by atoms with Gasteiger partial charge in [0.15, 0.2) is 5.11 Å². The molecular weight excluding hydrogens is 303 g/mol. The minimum atomic E-state index is 0.167. The molecule has 1 saturated heterocycles. The van der Waals surface area contributed by atoms with Crippen LogP contribution in [0.5, 0.6) is 0 Å². The van der Waals surface area contributed by atoms with Crippen molar-refractivity contribution < 1.29 is 4.74 Å². The Kier molecular flexibility index (Phi) is 5.28. The Morgan fingerprint density at radius 2 is 2.26 bits per heavy atom. The first-order valence-electron chi connectivity index (χ1n) is 6.20. The van der Waals surface area contributed by atoms with Crippen molar-refractivity contribution in [1.29, 1.82) is 0 Å². The normalized spacial score (nSPS) is 20.1. The maximum absolute atomic E-state index is 6.07. The van der Waals surface area contributed by atoms with Gasteiger partial charge in [0.2, 0.25) is 0 Å². The number of hydrogen-bond donors (Lipinski definition) is 2. The fraction of sp³-hybridized carbons (Fsp3) is 0.462. The van der Waals surface area contributed by atoms with E-state index in [1.54, 1.807) is 18.2 Å². The number of hydrogen-bond acceptors (Lipinski definition) is 2. The molecule has 1 fully saturated rings. The largest absolute Gasteiger partial charge is 0.376 e. The van der Waals surface area contributed by atoms with Crippen LogP contribution in [0.3, 0.4) is 0 Å². The number of halogens is 2. The molecule has 6 heteroatoms. The fourth-order valence-electron chi connectivity index (χ4n) is 2.05. The molecule has 2 N–H and O–H groups in total. The van der Waals surface area contributed by atoms with Crippen molar-refractivity contribution in [2.75, 3.05) is 11.9 Å². The first-order chi connectivity index (χ1) is 9.06. The highest BCUT2D eigenvalue weighted by molar-refractivity contribution is 7.80. The van der Waals surface area contributed by atoms with Gasteiger partial charge in [-0.3, -0.25) is 0 Å². The highest BCUT2D eigenvalue weighted by Gasteiger charge is 2.22. The Morgan fingerprint density at radius 1 is 1.47 bits per heavy atom. The van der Waals surface area contributed by atoms with Crippen LogP contribution < -0.4 is 10.6 Å². The van der Waals surface area contributed by atoms with E-state index >= 15 is 0 Å². The molecule has 0 radical (unpaired) electrons. The molecule has 0 aliphatic carbocycles. The van der Waals surface area contributed by atoms with Gasteiger partial charge in [0.05, 0.1) is 22.9 Å². The van der Waals surface area contributed by atoms with Gasteiger partial charge in [-0.1, -0.05) is 23.2 Å². The average Bonchev–Trinajstić information content (AvgIpc) is 2.87. The van der Waals surface area contributed by atoms with E-state index in [4.69, 9.17) is 40.2 Å². The van der Waals surface area contributed by atoms with Gasteiger partial charge in [-0.2, -0.15) is 0 Å². The highest BCUT2D eigenvalue weighted by atomic mass is 35.5. The van der Waals surface area contributed by atoms with Crippen LogP contribution >= 0.6 is 35.4 Å². The van der Waals surface area contributed by atoms with Gasteiger partial charge in [-0.15, -0.1) is 0 Å². The second-order valence-electron chi connectivity index (χ2n) is 4.56. The lowest BCUT2D eigenvalue weighted by Crippen LogP contribution is -2.42. The van der Waals surface area contributed by atoms with Gasteiger partial charge in [0.25, 0.3) is 0 Å². The van der Waals surface area contributed by atoms with Crippen LogP contribution in [0.25, 0.3) is 0 Å². The molecular formula is C13H16Cl2N2OS. The molecule has 2 atom stereocenters. The van der Waals surface area contributed by atoms with Crippen LogP contribution in [0.1, 0.15) is 19.8 Å². The fourth-order valence-corrected chi connectivity index (χ4v) is 2.68. The van der Waals surface area contributed by atoms with Crippen molar-refractivity contribution in [3.63, 3.8) is 0 Å². The molecule has 1 aliphatic rings. The summed E-state index contributed by atoms with van der Waals surface area (Å²) in [7, 11) is 0. The number of benzene rings is 1. The maximum atomic E-state index is 6.07. The van der Waals surface area contributed by atoms with Crippen molar-refractivity contribution in [2.45, 2.75) is 31.9 Å². The van der Waals surface area contributed by atoms with Gasteiger partial charge in [-0.05, 0) is 50.2 Å². The molecule has 104 valence electrons. The average molecular weight is 319 g/mol. The van der Waals surface area contributed by atoms with Gasteiger partial charge in [0, 0.05) is 11.6 Å². The molecule has 0 aromatic heterocycles. The summed E-state index contributed by atoms with van der Waals surface area (Å²) in [6.45, 7) is 2.89. The van der Waals surface area contributed by atoms with Crippen molar-refractivity contribution >= 4 is 46.2 Å². The summed E-state index contributed by atoms with van der Waals surface area (Å²) >= 11 is 17.3. The molecule has 3 nitrogen and oxygen atoms in total. The monoisotopic (exact) mass is 318 g/mol. The van der Waals surface area contributed by atoms with Crippen LogP contribution in [0.15, 0.2) is 18.2 Å². The lowest BCUT2D eigenvalue weighted by atomic mass is 10.1. The van der Waals surface area contributed by atoms with E-state index in [-0.39, 0.29) is 12.1 Å². The van der Waals surface area contributed by atoms with E-state index in [0.717, 1.165) is 19.4 Å². The predicted molar refractivity (Wildman–Crippen MR) is 84.3 cm³/mol. The molecule has 1 aromatic rings. The van der Waals surface area contributed by atoms with Crippen molar-refractivity contribution in [3.8, 4) is 0 Å². The summed E-state index contributed by atoms with van der Waals surface area (Å²) < 4.78 is 5.61. The number of anilines is 1. The van der Waals surface area contributed by atoms with Crippen LogP contribution in [0, 0.1) is 0 Å². The second kappa shape index (κ2) is 6.75. The van der Waals surface area contributed by atoms with Crippen LogP contribution in [-0.2, 0) is 4.74 Å². The zero-order valence-corrected chi connectivity index (χ0v) is 12.9. The SMILES string of the molecule is CC(NC(=S)Nc1cc(Cl)ccc1Cl)C1CCCO1. The number of thiocarbonyl (C=S) groups is 1. The minimum Gasteiger partial charge on any atom is -0.376 e. The van der Waals surface area contributed by atoms with Crippen molar-refractivity contribution in [3.05, 3.63) is 28.2 Å². The predicted octanol–water partition coefficient (Wildman–Crippen LogP) is 3.85. The Hall–Kier alpha value is -0.550. The summed E-state index contributed by atoms with van der Waals surface area (Å²) in [6, 6.07) is 5.38. The van der Waals surface area contributed by atoms with Crippen LogP contribution in [-0.4, -0.2) is 23.9 Å². The summed E-state index contributed by atoms with van der Waals surface area (Å²) in [5.74, 6) is 0. The summed E-state index contributed by atoms with van der Waals surface area (Å²) in [5, 5.41) is 7.98. The van der Waals surface area contributed by atoms with Crippen LogP contribution in [0.4, 0.5) is 5.69 Å². The Morgan fingerprint density at radius 3 is 2.95 bits per heavy atom. The van der Waals surface area contributed by atoms with E-state index in [1.165, 1.54) is 0 Å². The molecule has 0 spiro atoms.